The summed E-state index contributed by atoms with van der Waals surface area (Å²) < 4.78 is 0. The molecule has 0 unspecified atom stereocenters. The highest BCUT2D eigenvalue weighted by molar-refractivity contribution is 6.31. The minimum absolute atomic E-state index is 0.000398. The minimum Gasteiger partial charge on any atom is -0.372 e. The Bertz CT molecular complexity index is 513. The van der Waals surface area contributed by atoms with E-state index >= 15 is 0 Å². The van der Waals surface area contributed by atoms with E-state index in [1.165, 1.54) is 19.3 Å². The average Bonchev–Trinajstić information content (AvgIpc) is 2.47. The van der Waals surface area contributed by atoms with E-state index in [0.717, 1.165) is 24.5 Å². The van der Waals surface area contributed by atoms with Gasteiger partial charge in [0.05, 0.1) is 11.4 Å². The van der Waals surface area contributed by atoms with Gasteiger partial charge in [-0.3, -0.25) is 4.79 Å². The van der Waals surface area contributed by atoms with E-state index in [1.807, 2.05) is 39.0 Å². The summed E-state index contributed by atoms with van der Waals surface area (Å²) in [5.41, 5.74) is 2.06. The van der Waals surface area contributed by atoms with Gasteiger partial charge in [0.15, 0.2) is 0 Å². The summed E-state index contributed by atoms with van der Waals surface area (Å²) in [5.74, 6) is -0.000398. The van der Waals surface area contributed by atoms with Crippen molar-refractivity contribution in [3.05, 3.63) is 23.2 Å². The smallest absolute Gasteiger partial charge is 0.242 e. The van der Waals surface area contributed by atoms with Crippen LogP contribution >= 0.6 is 11.6 Å². The number of nitrogens with zero attached hydrogens (tertiary/aromatic N) is 1. The van der Waals surface area contributed by atoms with E-state index in [9.17, 15) is 4.79 Å². The highest BCUT2D eigenvalue weighted by atomic mass is 35.5. The molecule has 1 heterocycles. The molecule has 5 heteroatoms. The lowest BCUT2D eigenvalue weighted by Crippen LogP contribution is -2.41. The summed E-state index contributed by atoms with van der Waals surface area (Å²) in [6.45, 7) is 7.91. The molecule has 1 atom stereocenters. The second-order valence-corrected chi connectivity index (χ2v) is 6.67. The van der Waals surface area contributed by atoms with Gasteiger partial charge in [0.2, 0.25) is 5.91 Å². The van der Waals surface area contributed by atoms with Gasteiger partial charge in [-0.2, -0.15) is 0 Å². The number of hydrogen-bond donors (Lipinski definition) is 2. The quantitative estimate of drug-likeness (QED) is 0.869. The number of benzene rings is 1. The molecule has 0 bridgehead atoms. The first-order valence-electron chi connectivity index (χ1n) is 8.09. The van der Waals surface area contributed by atoms with E-state index in [0.29, 0.717) is 5.02 Å². The summed E-state index contributed by atoms with van der Waals surface area (Å²) in [5, 5.41) is 6.92. The van der Waals surface area contributed by atoms with Gasteiger partial charge in [0.25, 0.3) is 0 Å². The zero-order chi connectivity index (χ0) is 16.1. The first kappa shape index (κ1) is 16.9. The van der Waals surface area contributed by atoms with Gasteiger partial charge < -0.3 is 15.5 Å². The molecule has 2 N–H and O–H groups in total. The van der Waals surface area contributed by atoms with Crippen molar-refractivity contribution < 1.29 is 4.79 Å². The highest BCUT2D eigenvalue weighted by Gasteiger charge is 2.19. The van der Waals surface area contributed by atoms with Crippen LogP contribution in [-0.4, -0.2) is 31.1 Å². The topological polar surface area (TPSA) is 44.4 Å². The molecule has 1 fully saturated rings. The summed E-state index contributed by atoms with van der Waals surface area (Å²) in [4.78, 5) is 14.5. The fourth-order valence-electron chi connectivity index (χ4n) is 2.74. The molecule has 4 nitrogen and oxygen atoms in total. The van der Waals surface area contributed by atoms with Crippen LogP contribution in [0.15, 0.2) is 18.2 Å². The Morgan fingerprint density at radius 1 is 1.18 bits per heavy atom. The van der Waals surface area contributed by atoms with Gasteiger partial charge in [-0.1, -0.05) is 11.6 Å². The number of amides is 1. The molecular weight excluding hydrogens is 298 g/mol. The van der Waals surface area contributed by atoms with Crippen LogP contribution in [0.5, 0.6) is 0 Å². The van der Waals surface area contributed by atoms with Gasteiger partial charge >= 0.3 is 0 Å². The molecule has 0 spiro atoms. The number of carbonyl (C=O) groups excluding carboxylic acids is 1. The SMILES string of the molecule is CC(C)NC(=O)[C@@H](C)Nc1cc(Cl)ccc1N1CCCCC1. The first-order chi connectivity index (χ1) is 10.5. The third-order valence-electron chi connectivity index (χ3n) is 3.85. The largest absolute Gasteiger partial charge is 0.372 e. The highest BCUT2D eigenvalue weighted by Crippen LogP contribution is 2.31. The first-order valence-corrected chi connectivity index (χ1v) is 8.46. The monoisotopic (exact) mass is 323 g/mol. The van der Waals surface area contributed by atoms with Crippen molar-refractivity contribution in [3.63, 3.8) is 0 Å². The maximum Gasteiger partial charge on any atom is 0.242 e. The van der Waals surface area contributed by atoms with Gasteiger partial charge in [-0.05, 0) is 58.2 Å². The molecule has 1 amide bonds. The lowest BCUT2D eigenvalue weighted by Gasteiger charge is -2.31. The fraction of sp³-hybridized carbons (Fsp3) is 0.588. The zero-order valence-corrected chi connectivity index (χ0v) is 14.4. The predicted octanol–water partition coefficient (Wildman–Crippen LogP) is 3.66. The van der Waals surface area contributed by atoms with Gasteiger partial charge in [-0.25, -0.2) is 0 Å². The normalized spacial score (nSPS) is 16.5. The van der Waals surface area contributed by atoms with Crippen LogP contribution in [0.4, 0.5) is 11.4 Å². The molecule has 0 saturated carbocycles. The van der Waals surface area contributed by atoms with Crippen LogP contribution in [0.1, 0.15) is 40.0 Å². The second kappa shape index (κ2) is 7.73. The lowest BCUT2D eigenvalue weighted by molar-refractivity contribution is -0.122. The van der Waals surface area contributed by atoms with Gasteiger partial charge in [0, 0.05) is 24.2 Å². The Balaban J connectivity index is 2.14. The van der Waals surface area contributed by atoms with E-state index < -0.39 is 0 Å². The molecular formula is C17H26ClN3O. The second-order valence-electron chi connectivity index (χ2n) is 6.24. The summed E-state index contributed by atoms with van der Waals surface area (Å²) >= 11 is 6.14. The van der Waals surface area contributed by atoms with Crippen LogP contribution in [0.25, 0.3) is 0 Å². The van der Waals surface area contributed by atoms with Crippen molar-refractivity contribution in [3.8, 4) is 0 Å². The van der Waals surface area contributed by atoms with Crippen LogP contribution in [-0.2, 0) is 4.79 Å². The third-order valence-corrected chi connectivity index (χ3v) is 4.09. The molecule has 1 aliphatic heterocycles. The lowest BCUT2D eigenvalue weighted by atomic mass is 10.1. The number of anilines is 2. The average molecular weight is 324 g/mol. The molecule has 0 radical (unpaired) electrons. The number of nitrogens with one attached hydrogen (secondary N) is 2. The molecule has 1 aromatic rings. The van der Waals surface area contributed by atoms with Crippen LogP contribution in [0.2, 0.25) is 5.02 Å². The van der Waals surface area contributed by atoms with E-state index in [2.05, 4.69) is 15.5 Å². The van der Waals surface area contributed by atoms with Gasteiger partial charge in [-0.15, -0.1) is 0 Å². The molecule has 2 rings (SSSR count). The standard InChI is InChI=1S/C17H26ClN3O/c1-12(2)19-17(22)13(3)20-15-11-14(18)7-8-16(15)21-9-5-4-6-10-21/h7-8,11-13,20H,4-6,9-10H2,1-3H3,(H,19,22)/t13-/m1/s1. The molecule has 1 aliphatic rings. The van der Waals surface area contributed by atoms with Crippen molar-refractivity contribution in [2.45, 2.75) is 52.1 Å². The fourth-order valence-corrected chi connectivity index (χ4v) is 2.91. The van der Waals surface area contributed by atoms with Crippen LogP contribution in [0, 0.1) is 0 Å². The summed E-state index contributed by atoms with van der Waals surface area (Å²) in [6.07, 6.45) is 3.72. The Kier molecular flexibility index (Phi) is 5.95. The van der Waals surface area contributed by atoms with Crippen molar-refractivity contribution >= 4 is 28.9 Å². The number of hydrogen-bond acceptors (Lipinski definition) is 3. The van der Waals surface area contributed by atoms with Gasteiger partial charge in [0.1, 0.15) is 6.04 Å². The third kappa shape index (κ3) is 4.54. The number of carbonyl (C=O) groups is 1. The van der Waals surface area contributed by atoms with Crippen molar-refractivity contribution in [2.75, 3.05) is 23.3 Å². The molecule has 122 valence electrons. The summed E-state index contributed by atoms with van der Waals surface area (Å²) in [7, 11) is 0. The molecule has 1 saturated heterocycles. The van der Waals surface area contributed by atoms with Crippen molar-refractivity contribution in [1.29, 1.82) is 0 Å². The Morgan fingerprint density at radius 2 is 1.86 bits per heavy atom. The van der Waals surface area contributed by atoms with E-state index in [-0.39, 0.29) is 18.0 Å². The molecule has 0 aromatic heterocycles. The number of piperidine rings is 1. The minimum atomic E-state index is -0.301. The van der Waals surface area contributed by atoms with E-state index in [4.69, 9.17) is 11.6 Å². The predicted molar refractivity (Wildman–Crippen MR) is 93.9 cm³/mol. The van der Waals surface area contributed by atoms with Crippen LogP contribution in [0.3, 0.4) is 0 Å². The molecule has 0 aliphatic carbocycles. The number of rotatable bonds is 5. The Hall–Kier alpha value is -1.42. The van der Waals surface area contributed by atoms with Crippen LogP contribution < -0.4 is 15.5 Å². The maximum absolute atomic E-state index is 12.1. The zero-order valence-electron chi connectivity index (χ0n) is 13.7. The Labute approximate surface area is 138 Å². The van der Waals surface area contributed by atoms with Crippen molar-refractivity contribution in [1.82, 2.24) is 5.32 Å². The summed E-state index contributed by atoms with van der Waals surface area (Å²) in [6, 6.07) is 5.70. The number of halogens is 1. The van der Waals surface area contributed by atoms with E-state index in [1.54, 1.807) is 0 Å². The maximum atomic E-state index is 12.1. The van der Waals surface area contributed by atoms with Crippen molar-refractivity contribution in [2.24, 2.45) is 0 Å². The Morgan fingerprint density at radius 3 is 2.50 bits per heavy atom. The molecule has 22 heavy (non-hydrogen) atoms. The molecule has 1 aromatic carbocycles.